The van der Waals surface area contributed by atoms with Gasteiger partial charge < -0.3 is 24.8 Å². The third-order valence-electron chi connectivity index (χ3n) is 3.33. The smallest absolute Gasteiger partial charge is 0.344 e. The molecule has 28 heavy (non-hydrogen) atoms. The summed E-state index contributed by atoms with van der Waals surface area (Å²) in [5.74, 6) is -1.40. The van der Waals surface area contributed by atoms with Crippen molar-refractivity contribution in [3.63, 3.8) is 0 Å². The highest BCUT2D eigenvalue weighted by Crippen LogP contribution is 2.27. The van der Waals surface area contributed by atoms with Crippen molar-refractivity contribution in [3.05, 3.63) is 48.3 Å². The molecule has 0 aliphatic heterocycles. The molecule has 0 spiro atoms. The van der Waals surface area contributed by atoms with Crippen LogP contribution in [0.5, 0.6) is 11.5 Å². The van der Waals surface area contributed by atoms with E-state index >= 15 is 0 Å². The molecule has 2 aromatic rings. The highest BCUT2D eigenvalue weighted by Gasteiger charge is 2.12. The van der Waals surface area contributed by atoms with E-state index in [4.69, 9.17) is 14.2 Å². The standard InChI is InChI=1S/C19H19FN2O6/c1-12(23)21-14-5-8-17(26-2)16(9-14)22-18(24)10-28-19(25)11-27-15-6-3-13(20)4-7-15/h3-9H,10-11H2,1-2H3,(H,21,23)(H,22,24). The van der Waals surface area contributed by atoms with Crippen LogP contribution in [0.3, 0.4) is 0 Å². The molecule has 2 aromatic carbocycles. The summed E-state index contributed by atoms with van der Waals surface area (Å²) in [6.45, 7) is 0.384. The Morgan fingerprint density at radius 1 is 1.00 bits per heavy atom. The number of nitrogens with one attached hydrogen (secondary N) is 2. The van der Waals surface area contributed by atoms with Gasteiger partial charge in [-0.15, -0.1) is 0 Å². The molecule has 0 unspecified atom stereocenters. The zero-order chi connectivity index (χ0) is 20.5. The fourth-order valence-electron chi connectivity index (χ4n) is 2.13. The summed E-state index contributed by atoms with van der Waals surface area (Å²) in [6.07, 6.45) is 0. The molecule has 0 fully saturated rings. The van der Waals surface area contributed by atoms with Crippen LogP contribution in [-0.2, 0) is 19.1 Å². The average molecular weight is 390 g/mol. The van der Waals surface area contributed by atoms with Crippen molar-refractivity contribution in [2.24, 2.45) is 0 Å². The first-order valence-electron chi connectivity index (χ1n) is 8.17. The lowest BCUT2D eigenvalue weighted by molar-refractivity contribution is -0.149. The van der Waals surface area contributed by atoms with Gasteiger partial charge in [-0.3, -0.25) is 9.59 Å². The summed E-state index contributed by atoms with van der Waals surface area (Å²) in [5.41, 5.74) is 0.769. The molecular formula is C19H19FN2O6. The first-order chi connectivity index (χ1) is 13.4. The second kappa shape index (κ2) is 9.91. The SMILES string of the molecule is COc1ccc(NC(C)=O)cc1NC(=O)COC(=O)COc1ccc(F)cc1. The molecule has 0 saturated carbocycles. The normalized spacial score (nSPS) is 9.96. The number of carbonyl (C=O) groups excluding carboxylic acids is 3. The Balaban J connectivity index is 1.85. The van der Waals surface area contributed by atoms with E-state index in [0.717, 1.165) is 0 Å². The highest BCUT2D eigenvalue weighted by molar-refractivity contribution is 5.96. The predicted octanol–water partition coefficient (Wildman–Crippen LogP) is 2.35. The first-order valence-corrected chi connectivity index (χ1v) is 8.17. The van der Waals surface area contributed by atoms with Gasteiger partial charge in [-0.2, -0.15) is 0 Å². The zero-order valence-corrected chi connectivity index (χ0v) is 15.3. The monoisotopic (exact) mass is 390 g/mol. The van der Waals surface area contributed by atoms with Crippen molar-refractivity contribution in [1.29, 1.82) is 0 Å². The van der Waals surface area contributed by atoms with Gasteiger partial charge in [-0.05, 0) is 42.5 Å². The molecule has 148 valence electrons. The molecule has 2 amide bonds. The molecular weight excluding hydrogens is 371 g/mol. The van der Waals surface area contributed by atoms with Crippen molar-refractivity contribution in [1.82, 2.24) is 0 Å². The third kappa shape index (κ3) is 6.60. The number of ether oxygens (including phenoxy) is 3. The first kappa shape index (κ1) is 20.7. The summed E-state index contributed by atoms with van der Waals surface area (Å²) in [4.78, 5) is 34.8. The lowest BCUT2D eigenvalue weighted by atomic mass is 10.2. The number of hydrogen-bond donors (Lipinski definition) is 2. The molecule has 0 aliphatic rings. The summed E-state index contributed by atoms with van der Waals surface area (Å²) >= 11 is 0. The van der Waals surface area contributed by atoms with Crippen LogP contribution in [0.15, 0.2) is 42.5 Å². The van der Waals surface area contributed by atoms with E-state index in [-0.39, 0.29) is 5.91 Å². The lowest BCUT2D eigenvalue weighted by Gasteiger charge is -2.12. The minimum Gasteiger partial charge on any atom is -0.495 e. The molecule has 8 nitrogen and oxygen atoms in total. The van der Waals surface area contributed by atoms with Crippen LogP contribution in [0, 0.1) is 5.82 Å². The molecule has 0 heterocycles. The van der Waals surface area contributed by atoms with Gasteiger partial charge >= 0.3 is 5.97 Å². The summed E-state index contributed by atoms with van der Waals surface area (Å²) in [6, 6.07) is 9.81. The molecule has 9 heteroatoms. The Hall–Kier alpha value is -3.62. The van der Waals surface area contributed by atoms with Crippen LogP contribution in [0.2, 0.25) is 0 Å². The Morgan fingerprint density at radius 2 is 1.71 bits per heavy atom. The number of esters is 1. The number of methoxy groups -OCH3 is 1. The van der Waals surface area contributed by atoms with E-state index in [9.17, 15) is 18.8 Å². The van der Waals surface area contributed by atoms with Crippen LogP contribution in [0.4, 0.5) is 15.8 Å². The Labute approximate surface area is 160 Å². The van der Waals surface area contributed by atoms with Crippen molar-refractivity contribution in [3.8, 4) is 11.5 Å². The number of benzene rings is 2. The highest BCUT2D eigenvalue weighted by atomic mass is 19.1. The molecule has 0 aromatic heterocycles. The second-order valence-electron chi connectivity index (χ2n) is 5.55. The maximum atomic E-state index is 12.8. The number of halogens is 1. The van der Waals surface area contributed by atoms with Crippen LogP contribution < -0.4 is 20.1 Å². The Morgan fingerprint density at radius 3 is 2.36 bits per heavy atom. The molecule has 2 N–H and O–H groups in total. The van der Waals surface area contributed by atoms with Gasteiger partial charge in [0.2, 0.25) is 5.91 Å². The van der Waals surface area contributed by atoms with E-state index < -0.39 is 30.9 Å². The third-order valence-corrected chi connectivity index (χ3v) is 3.33. The quantitative estimate of drug-likeness (QED) is 0.671. The minimum absolute atomic E-state index is 0.266. The number of hydrogen-bond acceptors (Lipinski definition) is 6. The average Bonchev–Trinajstić information content (AvgIpc) is 2.65. The van der Waals surface area contributed by atoms with E-state index in [2.05, 4.69) is 10.6 Å². The molecule has 0 saturated heterocycles. The van der Waals surface area contributed by atoms with Gasteiger partial charge in [0.25, 0.3) is 5.91 Å². The molecule has 0 bridgehead atoms. The van der Waals surface area contributed by atoms with Crippen molar-refractivity contribution in [2.75, 3.05) is 31.0 Å². The second-order valence-corrected chi connectivity index (χ2v) is 5.55. The molecule has 0 radical (unpaired) electrons. The fraction of sp³-hybridized carbons (Fsp3) is 0.211. The van der Waals surface area contributed by atoms with E-state index in [0.29, 0.717) is 22.9 Å². The van der Waals surface area contributed by atoms with Crippen LogP contribution in [0.1, 0.15) is 6.92 Å². The zero-order valence-electron chi connectivity index (χ0n) is 15.3. The van der Waals surface area contributed by atoms with Gasteiger partial charge in [0.15, 0.2) is 13.2 Å². The van der Waals surface area contributed by atoms with Crippen LogP contribution in [0.25, 0.3) is 0 Å². The molecule has 2 rings (SSSR count). The summed E-state index contributed by atoms with van der Waals surface area (Å²) in [5, 5.41) is 5.12. The van der Waals surface area contributed by atoms with Gasteiger partial charge in [0.1, 0.15) is 17.3 Å². The minimum atomic E-state index is -0.765. The number of rotatable bonds is 8. The van der Waals surface area contributed by atoms with Crippen LogP contribution >= 0.6 is 0 Å². The van der Waals surface area contributed by atoms with E-state index in [1.807, 2.05) is 0 Å². The van der Waals surface area contributed by atoms with Crippen molar-refractivity contribution >= 4 is 29.2 Å². The molecule has 0 aliphatic carbocycles. The molecule has 0 atom stereocenters. The number of carbonyl (C=O) groups is 3. The lowest BCUT2D eigenvalue weighted by Crippen LogP contribution is -2.24. The van der Waals surface area contributed by atoms with Gasteiger partial charge in [-0.25, -0.2) is 9.18 Å². The van der Waals surface area contributed by atoms with E-state index in [1.165, 1.54) is 44.4 Å². The summed E-state index contributed by atoms with van der Waals surface area (Å²) in [7, 11) is 1.43. The van der Waals surface area contributed by atoms with Crippen molar-refractivity contribution < 1.29 is 33.0 Å². The fourth-order valence-corrected chi connectivity index (χ4v) is 2.13. The predicted molar refractivity (Wildman–Crippen MR) is 98.8 cm³/mol. The topological polar surface area (TPSA) is 103 Å². The maximum Gasteiger partial charge on any atom is 0.344 e. The number of anilines is 2. The summed E-state index contributed by atoms with van der Waals surface area (Å²) < 4.78 is 27.9. The van der Waals surface area contributed by atoms with Gasteiger partial charge in [-0.1, -0.05) is 0 Å². The van der Waals surface area contributed by atoms with Crippen molar-refractivity contribution in [2.45, 2.75) is 6.92 Å². The largest absolute Gasteiger partial charge is 0.495 e. The van der Waals surface area contributed by atoms with E-state index in [1.54, 1.807) is 12.1 Å². The number of amides is 2. The maximum absolute atomic E-state index is 12.8. The Kier molecular flexibility index (Phi) is 7.32. The Bertz CT molecular complexity index is 854. The van der Waals surface area contributed by atoms with Gasteiger partial charge in [0, 0.05) is 12.6 Å². The van der Waals surface area contributed by atoms with Gasteiger partial charge in [0.05, 0.1) is 12.8 Å². The van der Waals surface area contributed by atoms with Crippen LogP contribution in [-0.4, -0.2) is 38.1 Å².